The van der Waals surface area contributed by atoms with Crippen LogP contribution in [-0.4, -0.2) is 20.7 Å². The highest BCUT2D eigenvalue weighted by atomic mass is 35.5. The van der Waals surface area contributed by atoms with Gasteiger partial charge in [-0.1, -0.05) is 71.7 Å². The average molecular weight is 520 g/mol. The molecule has 3 aromatic carbocycles. The van der Waals surface area contributed by atoms with E-state index in [0.29, 0.717) is 40.5 Å². The first-order valence-electron chi connectivity index (χ1n) is 11.4. The number of carbonyl (C=O) groups excluding carboxylic acids is 1. The molecule has 0 radical (unpaired) electrons. The third kappa shape index (κ3) is 5.08. The SMILES string of the molecule is CC1=C(C(=O)NCc2ccccc2)[C@H](c2ccc(OCc3ccc(Cl)c(Cl)c3)cc2)n2ncnc2N1. The fourth-order valence-corrected chi connectivity index (χ4v) is 4.43. The van der Waals surface area contributed by atoms with Crippen molar-refractivity contribution in [1.82, 2.24) is 20.1 Å². The molecule has 2 heterocycles. The summed E-state index contributed by atoms with van der Waals surface area (Å²) in [5, 5.41) is 11.6. The second-order valence-electron chi connectivity index (χ2n) is 8.37. The van der Waals surface area contributed by atoms with Gasteiger partial charge in [0.05, 0.1) is 15.6 Å². The van der Waals surface area contributed by atoms with Gasteiger partial charge in [-0.05, 0) is 47.9 Å². The topological polar surface area (TPSA) is 81.1 Å². The highest BCUT2D eigenvalue weighted by Gasteiger charge is 2.33. The van der Waals surface area contributed by atoms with Crippen molar-refractivity contribution in [3.05, 3.63) is 117 Å². The molecule has 1 atom stereocenters. The molecule has 0 unspecified atom stereocenters. The van der Waals surface area contributed by atoms with Crippen molar-refractivity contribution >= 4 is 35.1 Å². The van der Waals surface area contributed by atoms with Crippen LogP contribution in [0.5, 0.6) is 5.75 Å². The first-order chi connectivity index (χ1) is 17.5. The molecule has 0 fully saturated rings. The van der Waals surface area contributed by atoms with Crippen LogP contribution in [0.4, 0.5) is 5.95 Å². The molecular formula is C27H23Cl2N5O2. The van der Waals surface area contributed by atoms with Crippen molar-refractivity contribution in [2.24, 2.45) is 0 Å². The Kier molecular flexibility index (Phi) is 6.93. The molecule has 0 spiro atoms. The Balaban J connectivity index is 1.36. The fourth-order valence-electron chi connectivity index (χ4n) is 4.11. The van der Waals surface area contributed by atoms with Crippen LogP contribution in [0.25, 0.3) is 0 Å². The van der Waals surface area contributed by atoms with Crippen molar-refractivity contribution in [3.8, 4) is 5.75 Å². The highest BCUT2D eigenvalue weighted by Crippen LogP contribution is 2.35. The van der Waals surface area contributed by atoms with Crippen LogP contribution in [0.15, 0.2) is 90.4 Å². The average Bonchev–Trinajstić information content (AvgIpc) is 3.36. The number of amides is 1. The van der Waals surface area contributed by atoms with Crippen LogP contribution in [0, 0.1) is 0 Å². The van der Waals surface area contributed by atoms with Gasteiger partial charge in [-0.3, -0.25) is 4.79 Å². The molecule has 1 amide bonds. The molecule has 0 bridgehead atoms. The Morgan fingerprint density at radius 1 is 1.03 bits per heavy atom. The summed E-state index contributed by atoms with van der Waals surface area (Å²) in [5.41, 5.74) is 4.12. The van der Waals surface area contributed by atoms with E-state index in [0.717, 1.165) is 22.4 Å². The van der Waals surface area contributed by atoms with Crippen molar-refractivity contribution in [2.45, 2.75) is 26.1 Å². The summed E-state index contributed by atoms with van der Waals surface area (Å²) in [6, 6.07) is 22.4. The standard InChI is InChI=1S/C27H23Cl2N5O2/c1-17-24(26(35)30-14-18-5-3-2-4-6-18)25(34-27(33-17)31-16-32-34)20-8-10-21(11-9-20)36-15-19-7-12-22(28)23(29)13-19/h2-13,16,25H,14-15H2,1H3,(H,30,35)(H,31,32,33)/t25-/m0/s1. The zero-order valence-corrected chi connectivity index (χ0v) is 20.9. The number of hydrogen-bond donors (Lipinski definition) is 2. The number of halogens is 2. The van der Waals surface area contributed by atoms with Crippen LogP contribution in [0.3, 0.4) is 0 Å². The smallest absolute Gasteiger partial charge is 0.251 e. The lowest BCUT2D eigenvalue weighted by Crippen LogP contribution is -2.34. The molecule has 2 N–H and O–H groups in total. The highest BCUT2D eigenvalue weighted by molar-refractivity contribution is 6.42. The summed E-state index contributed by atoms with van der Waals surface area (Å²) in [6.07, 6.45) is 1.47. The van der Waals surface area contributed by atoms with Crippen molar-refractivity contribution in [1.29, 1.82) is 0 Å². The Bertz CT molecular complexity index is 1420. The molecule has 1 aliphatic rings. The van der Waals surface area contributed by atoms with Crippen molar-refractivity contribution in [3.63, 3.8) is 0 Å². The van der Waals surface area contributed by atoms with Gasteiger partial charge in [-0.15, -0.1) is 0 Å². The molecule has 0 saturated carbocycles. The van der Waals surface area contributed by atoms with Gasteiger partial charge in [0.1, 0.15) is 24.7 Å². The second-order valence-corrected chi connectivity index (χ2v) is 9.18. The van der Waals surface area contributed by atoms with Crippen LogP contribution >= 0.6 is 23.2 Å². The minimum absolute atomic E-state index is 0.171. The molecule has 9 heteroatoms. The number of carbonyl (C=O) groups is 1. The first-order valence-corrected chi connectivity index (χ1v) is 12.1. The van der Waals surface area contributed by atoms with E-state index < -0.39 is 6.04 Å². The summed E-state index contributed by atoms with van der Waals surface area (Å²) in [4.78, 5) is 17.7. The van der Waals surface area contributed by atoms with E-state index in [4.69, 9.17) is 27.9 Å². The number of aromatic nitrogens is 3. The monoisotopic (exact) mass is 519 g/mol. The molecular weight excluding hydrogens is 497 g/mol. The predicted octanol–water partition coefficient (Wildman–Crippen LogP) is 5.77. The van der Waals surface area contributed by atoms with E-state index in [9.17, 15) is 4.79 Å². The Morgan fingerprint density at radius 3 is 2.56 bits per heavy atom. The molecule has 7 nitrogen and oxygen atoms in total. The van der Waals surface area contributed by atoms with Gasteiger partial charge >= 0.3 is 0 Å². The summed E-state index contributed by atoms with van der Waals surface area (Å²) < 4.78 is 7.64. The van der Waals surface area contributed by atoms with Crippen LogP contribution in [0.2, 0.25) is 10.0 Å². The summed E-state index contributed by atoms with van der Waals surface area (Å²) in [5.74, 6) is 1.10. The van der Waals surface area contributed by atoms with Gasteiger partial charge in [0.2, 0.25) is 5.95 Å². The van der Waals surface area contributed by atoms with E-state index >= 15 is 0 Å². The maximum atomic E-state index is 13.4. The Labute approximate surface area is 218 Å². The molecule has 5 rings (SSSR count). The fraction of sp³-hybridized carbons (Fsp3) is 0.148. The lowest BCUT2D eigenvalue weighted by molar-refractivity contribution is -0.118. The normalized spacial score (nSPS) is 14.7. The van der Waals surface area contributed by atoms with Gasteiger partial charge in [0.25, 0.3) is 5.91 Å². The van der Waals surface area contributed by atoms with Gasteiger partial charge in [-0.25, -0.2) is 4.68 Å². The zero-order chi connectivity index (χ0) is 25.1. The van der Waals surface area contributed by atoms with Gasteiger partial charge in [0, 0.05) is 12.2 Å². The van der Waals surface area contributed by atoms with E-state index in [1.807, 2.05) is 67.6 Å². The number of fused-ring (bicyclic) bond motifs is 1. The quantitative estimate of drug-likeness (QED) is 0.324. The van der Waals surface area contributed by atoms with Gasteiger partial charge in [-0.2, -0.15) is 10.1 Å². The Hall–Kier alpha value is -3.81. The van der Waals surface area contributed by atoms with Gasteiger partial charge < -0.3 is 15.4 Å². The predicted molar refractivity (Wildman–Crippen MR) is 140 cm³/mol. The molecule has 182 valence electrons. The van der Waals surface area contributed by atoms with E-state index in [2.05, 4.69) is 20.7 Å². The van der Waals surface area contributed by atoms with Crippen molar-refractivity contribution < 1.29 is 9.53 Å². The minimum Gasteiger partial charge on any atom is -0.489 e. The van der Waals surface area contributed by atoms with Gasteiger partial charge in [0.15, 0.2) is 0 Å². The number of anilines is 1. The summed E-state index contributed by atoms with van der Waals surface area (Å²) >= 11 is 12.1. The molecule has 36 heavy (non-hydrogen) atoms. The minimum atomic E-state index is -0.441. The second kappa shape index (κ2) is 10.4. The van der Waals surface area contributed by atoms with E-state index in [1.165, 1.54) is 6.33 Å². The molecule has 0 saturated heterocycles. The number of rotatable bonds is 7. The molecule has 1 aromatic heterocycles. The van der Waals surface area contributed by atoms with Crippen LogP contribution in [-0.2, 0) is 17.9 Å². The molecule has 0 aliphatic carbocycles. The number of nitrogens with zero attached hydrogens (tertiary/aromatic N) is 3. The largest absolute Gasteiger partial charge is 0.489 e. The third-order valence-corrected chi connectivity index (χ3v) is 6.66. The van der Waals surface area contributed by atoms with Crippen LogP contribution < -0.4 is 15.4 Å². The molecule has 1 aliphatic heterocycles. The van der Waals surface area contributed by atoms with E-state index in [1.54, 1.807) is 16.8 Å². The first kappa shape index (κ1) is 23.9. The summed E-state index contributed by atoms with van der Waals surface area (Å²) in [6.45, 7) is 2.65. The number of nitrogens with one attached hydrogen (secondary N) is 2. The summed E-state index contributed by atoms with van der Waals surface area (Å²) in [7, 11) is 0. The zero-order valence-electron chi connectivity index (χ0n) is 19.4. The molecule has 4 aromatic rings. The third-order valence-electron chi connectivity index (χ3n) is 5.92. The van der Waals surface area contributed by atoms with Crippen LogP contribution in [0.1, 0.15) is 29.7 Å². The maximum Gasteiger partial charge on any atom is 0.251 e. The maximum absolute atomic E-state index is 13.4. The number of benzene rings is 3. The lowest BCUT2D eigenvalue weighted by atomic mass is 9.95. The van der Waals surface area contributed by atoms with E-state index in [-0.39, 0.29) is 5.91 Å². The number of ether oxygens (including phenoxy) is 1. The lowest BCUT2D eigenvalue weighted by Gasteiger charge is -2.28. The number of allylic oxidation sites excluding steroid dienone is 1. The Morgan fingerprint density at radius 2 is 1.81 bits per heavy atom. The van der Waals surface area contributed by atoms with Crippen molar-refractivity contribution in [2.75, 3.05) is 5.32 Å². The number of hydrogen-bond acceptors (Lipinski definition) is 5.